The van der Waals surface area contributed by atoms with Crippen LogP contribution in [0, 0.1) is 6.92 Å². The average Bonchev–Trinajstić information content (AvgIpc) is 3.24. The first-order valence-corrected chi connectivity index (χ1v) is 8.03. The molecule has 1 aromatic carbocycles. The van der Waals surface area contributed by atoms with Gasteiger partial charge in [0.15, 0.2) is 0 Å². The predicted octanol–water partition coefficient (Wildman–Crippen LogP) is 2.89. The van der Waals surface area contributed by atoms with Gasteiger partial charge in [-0.15, -0.1) is 0 Å². The SMILES string of the molecule is CCn1nc(C)cc1C(=O)N[C@@H](C)c1ccc(-n2cccn2)cc1. The number of hydrogen-bond donors (Lipinski definition) is 1. The van der Waals surface area contributed by atoms with Crippen molar-refractivity contribution in [3.63, 3.8) is 0 Å². The van der Waals surface area contributed by atoms with E-state index < -0.39 is 0 Å². The molecule has 1 amide bonds. The van der Waals surface area contributed by atoms with Crippen molar-refractivity contribution in [1.29, 1.82) is 0 Å². The van der Waals surface area contributed by atoms with Crippen LogP contribution in [0.2, 0.25) is 0 Å². The molecule has 6 nitrogen and oxygen atoms in total. The van der Waals surface area contributed by atoms with Gasteiger partial charge < -0.3 is 5.32 Å². The smallest absolute Gasteiger partial charge is 0.270 e. The van der Waals surface area contributed by atoms with E-state index >= 15 is 0 Å². The largest absolute Gasteiger partial charge is 0.344 e. The van der Waals surface area contributed by atoms with Crippen LogP contribution in [0.4, 0.5) is 0 Å². The number of carbonyl (C=O) groups is 1. The summed E-state index contributed by atoms with van der Waals surface area (Å²) in [5.41, 5.74) is 3.47. The molecule has 3 rings (SSSR count). The Bertz CT molecular complexity index is 818. The quantitative estimate of drug-likeness (QED) is 0.785. The molecule has 6 heteroatoms. The summed E-state index contributed by atoms with van der Waals surface area (Å²) in [5, 5.41) is 11.6. The fourth-order valence-electron chi connectivity index (χ4n) is 2.66. The van der Waals surface area contributed by atoms with Crippen LogP contribution in [0.1, 0.15) is 41.6 Å². The number of benzene rings is 1. The summed E-state index contributed by atoms with van der Waals surface area (Å²) in [6, 6.07) is 11.6. The van der Waals surface area contributed by atoms with Crippen molar-refractivity contribution < 1.29 is 4.79 Å². The zero-order valence-electron chi connectivity index (χ0n) is 14.1. The minimum atomic E-state index is -0.110. The minimum Gasteiger partial charge on any atom is -0.344 e. The maximum Gasteiger partial charge on any atom is 0.270 e. The van der Waals surface area contributed by atoms with Gasteiger partial charge in [0.1, 0.15) is 5.69 Å². The molecule has 0 aliphatic carbocycles. The van der Waals surface area contributed by atoms with E-state index in [-0.39, 0.29) is 11.9 Å². The average molecular weight is 323 g/mol. The van der Waals surface area contributed by atoms with E-state index in [4.69, 9.17) is 0 Å². The maximum atomic E-state index is 12.5. The fourth-order valence-corrected chi connectivity index (χ4v) is 2.66. The summed E-state index contributed by atoms with van der Waals surface area (Å²) in [6.07, 6.45) is 3.64. The number of hydrogen-bond acceptors (Lipinski definition) is 3. The molecule has 0 fully saturated rings. The van der Waals surface area contributed by atoms with Crippen LogP contribution in [0.25, 0.3) is 5.69 Å². The van der Waals surface area contributed by atoms with Gasteiger partial charge in [-0.1, -0.05) is 12.1 Å². The summed E-state index contributed by atoms with van der Waals surface area (Å²) >= 11 is 0. The number of aryl methyl sites for hydroxylation is 2. The highest BCUT2D eigenvalue weighted by molar-refractivity contribution is 5.92. The fraction of sp³-hybridized carbons (Fsp3) is 0.278. The van der Waals surface area contributed by atoms with Crippen molar-refractivity contribution in [2.75, 3.05) is 0 Å². The lowest BCUT2D eigenvalue weighted by Gasteiger charge is -2.15. The highest BCUT2D eigenvalue weighted by atomic mass is 16.2. The Morgan fingerprint density at radius 3 is 2.67 bits per heavy atom. The van der Waals surface area contributed by atoms with Crippen molar-refractivity contribution in [2.24, 2.45) is 0 Å². The summed E-state index contributed by atoms with van der Waals surface area (Å²) in [6.45, 7) is 6.50. The number of carbonyl (C=O) groups excluding carboxylic acids is 1. The van der Waals surface area contributed by atoms with Gasteiger partial charge in [-0.3, -0.25) is 9.48 Å². The van der Waals surface area contributed by atoms with Gasteiger partial charge in [-0.05, 0) is 50.6 Å². The lowest BCUT2D eigenvalue weighted by molar-refractivity contribution is 0.0929. The molecule has 1 atom stereocenters. The normalized spacial score (nSPS) is 12.1. The third kappa shape index (κ3) is 3.22. The maximum absolute atomic E-state index is 12.5. The van der Waals surface area contributed by atoms with Gasteiger partial charge in [0, 0.05) is 18.9 Å². The van der Waals surface area contributed by atoms with E-state index in [1.807, 2.05) is 63.4 Å². The van der Waals surface area contributed by atoms with Crippen LogP contribution in [-0.2, 0) is 6.54 Å². The molecule has 2 heterocycles. The molecule has 0 saturated carbocycles. The molecule has 1 N–H and O–H groups in total. The van der Waals surface area contributed by atoms with Gasteiger partial charge in [0.25, 0.3) is 5.91 Å². The third-order valence-corrected chi connectivity index (χ3v) is 3.94. The zero-order valence-corrected chi connectivity index (χ0v) is 14.1. The molecule has 0 radical (unpaired) electrons. The van der Waals surface area contributed by atoms with Gasteiger partial charge in [-0.25, -0.2) is 4.68 Å². The van der Waals surface area contributed by atoms with Crippen molar-refractivity contribution >= 4 is 5.91 Å². The van der Waals surface area contributed by atoms with E-state index in [1.165, 1.54) is 0 Å². The second-order valence-electron chi connectivity index (χ2n) is 5.72. The minimum absolute atomic E-state index is 0.0929. The third-order valence-electron chi connectivity index (χ3n) is 3.94. The Kier molecular flexibility index (Phi) is 4.46. The summed E-state index contributed by atoms with van der Waals surface area (Å²) in [4.78, 5) is 12.5. The van der Waals surface area contributed by atoms with Crippen molar-refractivity contribution in [2.45, 2.75) is 33.4 Å². The number of nitrogens with one attached hydrogen (secondary N) is 1. The van der Waals surface area contributed by atoms with Gasteiger partial charge >= 0.3 is 0 Å². The monoisotopic (exact) mass is 323 g/mol. The molecule has 0 aliphatic heterocycles. The van der Waals surface area contributed by atoms with E-state index in [0.29, 0.717) is 12.2 Å². The Morgan fingerprint density at radius 1 is 1.29 bits per heavy atom. The van der Waals surface area contributed by atoms with Crippen molar-refractivity contribution in [3.8, 4) is 5.69 Å². The summed E-state index contributed by atoms with van der Waals surface area (Å²) in [5.74, 6) is -0.110. The Morgan fingerprint density at radius 2 is 2.04 bits per heavy atom. The number of rotatable bonds is 5. The lowest BCUT2D eigenvalue weighted by atomic mass is 10.1. The van der Waals surface area contributed by atoms with Crippen LogP contribution in [-0.4, -0.2) is 25.5 Å². The van der Waals surface area contributed by atoms with Gasteiger partial charge in [0.2, 0.25) is 0 Å². The molecular weight excluding hydrogens is 302 g/mol. The topological polar surface area (TPSA) is 64.7 Å². The summed E-state index contributed by atoms with van der Waals surface area (Å²) in [7, 11) is 0. The summed E-state index contributed by atoms with van der Waals surface area (Å²) < 4.78 is 3.52. The number of aromatic nitrogens is 4. The first kappa shape index (κ1) is 16.0. The molecule has 24 heavy (non-hydrogen) atoms. The van der Waals surface area contributed by atoms with E-state index in [2.05, 4.69) is 15.5 Å². The molecule has 0 bridgehead atoms. The van der Waals surface area contributed by atoms with E-state index in [9.17, 15) is 4.79 Å². The molecule has 0 spiro atoms. The highest BCUT2D eigenvalue weighted by Crippen LogP contribution is 2.16. The number of nitrogens with zero attached hydrogens (tertiary/aromatic N) is 4. The van der Waals surface area contributed by atoms with E-state index in [0.717, 1.165) is 16.9 Å². The van der Waals surface area contributed by atoms with Gasteiger partial charge in [-0.2, -0.15) is 10.2 Å². The highest BCUT2D eigenvalue weighted by Gasteiger charge is 2.16. The Balaban J connectivity index is 1.72. The van der Waals surface area contributed by atoms with Crippen LogP contribution >= 0.6 is 0 Å². The van der Waals surface area contributed by atoms with Crippen LogP contribution in [0.15, 0.2) is 48.8 Å². The second-order valence-corrected chi connectivity index (χ2v) is 5.72. The Hall–Kier alpha value is -2.89. The van der Waals surface area contributed by atoms with Crippen LogP contribution in [0.5, 0.6) is 0 Å². The Labute approximate surface area is 141 Å². The van der Waals surface area contributed by atoms with E-state index in [1.54, 1.807) is 15.6 Å². The standard InChI is InChI=1S/C18H21N5O/c1-4-22-17(12-13(2)21-22)18(24)20-14(3)15-6-8-16(9-7-15)23-11-5-10-19-23/h5-12,14H,4H2,1-3H3,(H,20,24)/t14-/m0/s1. The van der Waals surface area contributed by atoms with Crippen molar-refractivity contribution in [3.05, 3.63) is 65.7 Å². The van der Waals surface area contributed by atoms with Gasteiger partial charge in [0.05, 0.1) is 17.4 Å². The molecule has 3 aromatic rings. The lowest BCUT2D eigenvalue weighted by Crippen LogP contribution is -2.28. The van der Waals surface area contributed by atoms with Crippen LogP contribution in [0.3, 0.4) is 0 Å². The molecule has 0 saturated heterocycles. The molecule has 0 aliphatic rings. The second kappa shape index (κ2) is 6.70. The first-order chi connectivity index (χ1) is 11.6. The molecule has 2 aromatic heterocycles. The zero-order chi connectivity index (χ0) is 17.1. The number of amides is 1. The predicted molar refractivity (Wildman–Crippen MR) is 92.1 cm³/mol. The molecule has 124 valence electrons. The van der Waals surface area contributed by atoms with Crippen molar-refractivity contribution in [1.82, 2.24) is 24.9 Å². The molecule has 0 unspecified atom stereocenters. The molecular formula is C18H21N5O. The first-order valence-electron chi connectivity index (χ1n) is 8.03. The van der Waals surface area contributed by atoms with Crippen LogP contribution < -0.4 is 5.32 Å².